The zero-order valence-electron chi connectivity index (χ0n) is 12.8. The molecular formula is C13H23N3O5. The van der Waals surface area contributed by atoms with Crippen LogP contribution >= 0.6 is 0 Å². The number of hydrogen-bond donors (Lipinski definition) is 1. The van der Waals surface area contributed by atoms with Gasteiger partial charge in [-0.25, -0.2) is 9.59 Å². The van der Waals surface area contributed by atoms with Crippen LogP contribution in [0.15, 0.2) is 0 Å². The van der Waals surface area contributed by atoms with Crippen molar-refractivity contribution >= 4 is 18.1 Å². The maximum absolute atomic E-state index is 12.2. The predicted molar refractivity (Wildman–Crippen MR) is 74.8 cm³/mol. The lowest BCUT2D eigenvalue weighted by Gasteiger charge is -2.35. The summed E-state index contributed by atoms with van der Waals surface area (Å²) in [6.07, 6.45) is -0.967. The molecule has 8 heteroatoms. The van der Waals surface area contributed by atoms with Crippen molar-refractivity contribution in [2.75, 3.05) is 39.4 Å². The van der Waals surface area contributed by atoms with Crippen LogP contribution in [0.3, 0.4) is 0 Å². The molecule has 0 aliphatic carbocycles. The molecule has 8 nitrogen and oxygen atoms in total. The molecule has 1 saturated heterocycles. The molecule has 1 aliphatic heterocycles. The molecule has 0 aromatic rings. The van der Waals surface area contributed by atoms with Gasteiger partial charge in [-0.05, 0) is 20.8 Å². The SMILES string of the molecule is CCOC(=O)N[C@@H](C)C(=O)N1CCN(C(=O)OCC)CC1. The van der Waals surface area contributed by atoms with Crippen molar-refractivity contribution in [1.29, 1.82) is 0 Å². The van der Waals surface area contributed by atoms with E-state index in [4.69, 9.17) is 9.47 Å². The quantitative estimate of drug-likeness (QED) is 0.813. The number of alkyl carbamates (subject to hydrolysis) is 1. The van der Waals surface area contributed by atoms with E-state index in [-0.39, 0.29) is 18.6 Å². The molecule has 0 bridgehead atoms. The number of ether oxygens (including phenoxy) is 2. The van der Waals surface area contributed by atoms with Crippen LogP contribution in [0.1, 0.15) is 20.8 Å². The predicted octanol–water partition coefficient (Wildman–Crippen LogP) is 0.422. The highest BCUT2D eigenvalue weighted by Gasteiger charge is 2.28. The molecule has 120 valence electrons. The lowest BCUT2D eigenvalue weighted by atomic mass is 10.2. The van der Waals surface area contributed by atoms with Crippen LogP contribution in [0, 0.1) is 0 Å². The van der Waals surface area contributed by atoms with Crippen molar-refractivity contribution in [2.24, 2.45) is 0 Å². The molecule has 1 fully saturated rings. The van der Waals surface area contributed by atoms with E-state index < -0.39 is 12.1 Å². The number of carbonyl (C=O) groups is 3. The number of rotatable bonds is 4. The van der Waals surface area contributed by atoms with Gasteiger partial charge < -0.3 is 24.6 Å². The van der Waals surface area contributed by atoms with Gasteiger partial charge in [0.2, 0.25) is 5.91 Å². The normalized spacial score (nSPS) is 16.1. The Morgan fingerprint density at radius 3 is 2.05 bits per heavy atom. The third-order valence-electron chi connectivity index (χ3n) is 3.10. The van der Waals surface area contributed by atoms with Gasteiger partial charge in [0.1, 0.15) is 6.04 Å². The minimum absolute atomic E-state index is 0.188. The number of nitrogens with one attached hydrogen (secondary N) is 1. The smallest absolute Gasteiger partial charge is 0.409 e. The third-order valence-corrected chi connectivity index (χ3v) is 3.10. The number of nitrogens with zero attached hydrogens (tertiary/aromatic N) is 2. The molecule has 0 aromatic carbocycles. The topological polar surface area (TPSA) is 88.2 Å². The molecule has 1 N–H and O–H groups in total. The Balaban J connectivity index is 2.40. The first-order valence-corrected chi connectivity index (χ1v) is 7.13. The van der Waals surface area contributed by atoms with E-state index >= 15 is 0 Å². The average molecular weight is 301 g/mol. The Labute approximate surface area is 124 Å². The Hall–Kier alpha value is -1.99. The van der Waals surface area contributed by atoms with E-state index in [0.29, 0.717) is 32.8 Å². The van der Waals surface area contributed by atoms with E-state index in [0.717, 1.165) is 0 Å². The van der Waals surface area contributed by atoms with Crippen LogP contribution < -0.4 is 5.32 Å². The molecule has 1 atom stereocenters. The van der Waals surface area contributed by atoms with E-state index in [1.165, 1.54) is 0 Å². The minimum Gasteiger partial charge on any atom is -0.450 e. The second-order valence-electron chi connectivity index (χ2n) is 4.60. The standard InChI is InChI=1S/C13H23N3O5/c1-4-20-12(18)14-10(3)11(17)15-6-8-16(9-7-15)13(19)21-5-2/h10H,4-9H2,1-3H3,(H,14,18)/t10-/m0/s1. The van der Waals surface area contributed by atoms with Crippen molar-refractivity contribution < 1.29 is 23.9 Å². The first-order valence-electron chi connectivity index (χ1n) is 7.13. The van der Waals surface area contributed by atoms with Gasteiger partial charge >= 0.3 is 12.2 Å². The Bertz CT molecular complexity index is 380. The summed E-state index contributed by atoms with van der Waals surface area (Å²) in [5.41, 5.74) is 0. The van der Waals surface area contributed by atoms with Gasteiger partial charge in [-0.1, -0.05) is 0 Å². The number of hydrogen-bond acceptors (Lipinski definition) is 5. The molecule has 1 aliphatic rings. The molecule has 21 heavy (non-hydrogen) atoms. The molecule has 1 rings (SSSR count). The maximum atomic E-state index is 12.2. The molecule has 3 amide bonds. The average Bonchev–Trinajstić information content (AvgIpc) is 2.47. The fourth-order valence-electron chi connectivity index (χ4n) is 2.01. The third kappa shape index (κ3) is 5.13. The van der Waals surface area contributed by atoms with Gasteiger partial charge in [0.15, 0.2) is 0 Å². The monoisotopic (exact) mass is 301 g/mol. The molecular weight excluding hydrogens is 278 g/mol. The Morgan fingerprint density at radius 2 is 1.52 bits per heavy atom. The summed E-state index contributed by atoms with van der Waals surface area (Å²) < 4.78 is 9.65. The van der Waals surface area contributed by atoms with Gasteiger partial charge in [0.05, 0.1) is 13.2 Å². The van der Waals surface area contributed by atoms with Crippen LogP contribution in [0.2, 0.25) is 0 Å². The van der Waals surface area contributed by atoms with Gasteiger partial charge in [0.25, 0.3) is 0 Å². The first-order chi connectivity index (χ1) is 9.99. The van der Waals surface area contributed by atoms with E-state index in [9.17, 15) is 14.4 Å². The van der Waals surface area contributed by atoms with Crippen LogP contribution in [0.4, 0.5) is 9.59 Å². The van der Waals surface area contributed by atoms with Crippen LogP contribution in [0.25, 0.3) is 0 Å². The fourth-order valence-corrected chi connectivity index (χ4v) is 2.01. The van der Waals surface area contributed by atoms with Crippen molar-refractivity contribution in [3.05, 3.63) is 0 Å². The van der Waals surface area contributed by atoms with Crippen LogP contribution in [-0.4, -0.2) is 73.3 Å². The maximum Gasteiger partial charge on any atom is 0.409 e. The van der Waals surface area contributed by atoms with Crippen molar-refractivity contribution in [3.8, 4) is 0 Å². The number of amides is 3. The van der Waals surface area contributed by atoms with E-state index in [1.54, 1.807) is 30.6 Å². The Morgan fingerprint density at radius 1 is 1.00 bits per heavy atom. The van der Waals surface area contributed by atoms with Gasteiger partial charge in [-0.3, -0.25) is 4.79 Å². The summed E-state index contributed by atoms with van der Waals surface area (Å²) in [6.45, 7) is 7.34. The molecule has 0 radical (unpaired) electrons. The summed E-state index contributed by atoms with van der Waals surface area (Å²) in [5.74, 6) is -0.188. The summed E-state index contributed by atoms with van der Waals surface area (Å²) >= 11 is 0. The largest absolute Gasteiger partial charge is 0.450 e. The van der Waals surface area contributed by atoms with Crippen molar-refractivity contribution in [2.45, 2.75) is 26.8 Å². The highest BCUT2D eigenvalue weighted by Crippen LogP contribution is 2.06. The second-order valence-corrected chi connectivity index (χ2v) is 4.60. The number of carbonyl (C=O) groups excluding carboxylic acids is 3. The summed E-state index contributed by atoms with van der Waals surface area (Å²) in [6, 6.07) is -0.654. The van der Waals surface area contributed by atoms with Crippen LogP contribution in [-0.2, 0) is 14.3 Å². The van der Waals surface area contributed by atoms with Crippen LogP contribution in [0.5, 0.6) is 0 Å². The van der Waals surface area contributed by atoms with Crippen molar-refractivity contribution in [3.63, 3.8) is 0 Å². The second kappa shape index (κ2) is 8.33. The zero-order valence-corrected chi connectivity index (χ0v) is 12.8. The summed E-state index contributed by atoms with van der Waals surface area (Å²) in [5, 5.41) is 2.47. The first kappa shape index (κ1) is 17.1. The molecule has 1 heterocycles. The van der Waals surface area contributed by atoms with E-state index in [1.807, 2.05) is 0 Å². The van der Waals surface area contributed by atoms with E-state index in [2.05, 4.69) is 5.32 Å². The number of piperazine rings is 1. The lowest BCUT2D eigenvalue weighted by molar-refractivity contribution is -0.134. The van der Waals surface area contributed by atoms with Gasteiger partial charge in [-0.2, -0.15) is 0 Å². The summed E-state index contributed by atoms with van der Waals surface area (Å²) in [4.78, 5) is 38.2. The minimum atomic E-state index is -0.654. The molecule has 0 saturated carbocycles. The molecule has 0 spiro atoms. The fraction of sp³-hybridized carbons (Fsp3) is 0.769. The van der Waals surface area contributed by atoms with Gasteiger partial charge in [0, 0.05) is 26.2 Å². The highest BCUT2D eigenvalue weighted by atomic mass is 16.6. The van der Waals surface area contributed by atoms with Gasteiger partial charge in [-0.15, -0.1) is 0 Å². The molecule has 0 aromatic heterocycles. The highest BCUT2D eigenvalue weighted by molar-refractivity contribution is 5.85. The zero-order chi connectivity index (χ0) is 15.8. The Kier molecular flexibility index (Phi) is 6.77. The lowest BCUT2D eigenvalue weighted by Crippen LogP contribution is -2.55. The molecule has 0 unspecified atom stereocenters. The summed E-state index contributed by atoms with van der Waals surface area (Å²) in [7, 11) is 0. The van der Waals surface area contributed by atoms with Crippen molar-refractivity contribution in [1.82, 2.24) is 15.1 Å².